The van der Waals surface area contributed by atoms with Gasteiger partial charge in [0.15, 0.2) is 5.79 Å². The average Bonchev–Trinajstić information content (AvgIpc) is 2.76. The van der Waals surface area contributed by atoms with E-state index in [-0.39, 0.29) is 12.0 Å². The highest BCUT2D eigenvalue weighted by atomic mass is 16.7. The van der Waals surface area contributed by atoms with Crippen LogP contribution in [0.1, 0.15) is 6.42 Å². The molecule has 0 amide bonds. The third-order valence-corrected chi connectivity index (χ3v) is 2.43. The number of methoxy groups -OCH3 is 1. The van der Waals surface area contributed by atoms with Gasteiger partial charge in [0.2, 0.25) is 0 Å². The molecule has 1 atom stereocenters. The molecule has 5 nitrogen and oxygen atoms in total. The Kier molecular flexibility index (Phi) is 2.23. The van der Waals surface area contributed by atoms with E-state index in [1.807, 2.05) is 0 Å². The van der Waals surface area contributed by atoms with Gasteiger partial charge < -0.3 is 14.2 Å². The molecule has 1 spiro atoms. The van der Waals surface area contributed by atoms with Gasteiger partial charge in [0.1, 0.15) is 6.04 Å². The third-order valence-electron chi connectivity index (χ3n) is 2.43. The largest absolute Gasteiger partial charge is 0.468 e. The van der Waals surface area contributed by atoms with E-state index in [0.29, 0.717) is 26.2 Å². The lowest BCUT2D eigenvalue weighted by Gasteiger charge is -2.19. The van der Waals surface area contributed by atoms with E-state index >= 15 is 0 Å². The summed E-state index contributed by atoms with van der Waals surface area (Å²) in [6.45, 7) is 1.78. The Morgan fingerprint density at radius 1 is 1.54 bits per heavy atom. The second-order valence-electron chi connectivity index (χ2n) is 3.27. The first kappa shape index (κ1) is 8.93. The third kappa shape index (κ3) is 1.54. The fraction of sp³-hybridized carbons (Fsp3) is 0.875. The fourth-order valence-electron chi connectivity index (χ4n) is 1.76. The maximum absolute atomic E-state index is 11.2. The number of nitrogens with one attached hydrogen (secondary N) is 1. The Morgan fingerprint density at radius 3 is 2.85 bits per heavy atom. The number of rotatable bonds is 1. The van der Waals surface area contributed by atoms with E-state index in [2.05, 4.69) is 10.1 Å². The molecule has 0 unspecified atom stereocenters. The van der Waals surface area contributed by atoms with Crippen LogP contribution in [0.2, 0.25) is 0 Å². The topological polar surface area (TPSA) is 56.8 Å². The summed E-state index contributed by atoms with van der Waals surface area (Å²) in [5.74, 6) is -0.824. The van der Waals surface area contributed by atoms with Crippen LogP contribution in [0.3, 0.4) is 0 Å². The first-order chi connectivity index (χ1) is 6.26. The zero-order valence-corrected chi connectivity index (χ0v) is 7.54. The highest BCUT2D eigenvalue weighted by molar-refractivity contribution is 5.76. The van der Waals surface area contributed by atoms with Crippen LogP contribution in [-0.4, -0.2) is 44.7 Å². The van der Waals surface area contributed by atoms with Crippen LogP contribution in [0, 0.1) is 0 Å². The molecular weight excluding hydrogens is 174 g/mol. The predicted octanol–water partition coefficient (Wildman–Crippen LogP) is -0.736. The molecule has 2 saturated heterocycles. The summed E-state index contributed by atoms with van der Waals surface area (Å²) in [5, 5.41) is 3.02. The second-order valence-corrected chi connectivity index (χ2v) is 3.27. The molecule has 5 heteroatoms. The predicted molar refractivity (Wildman–Crippen MR) is 43.1 cm³/mol. The van der Waals surface area contributed by atoms with Crippen LogP contribution in [0.25, 0.3) is 0 Å². The fourth-order valence-corrected chi connectivity index (χ4v) is 1.76. The molecule has 1 N–H and O–H groups in total. The minimum absolute atomic E-state index is 0.254. The van der Waals surface area contributed by atoms with Crippen molar-refractivity contribution in [3.05, 3.63) is 0 Å². The molecular formula is C8H13NO4. The summed E-state index contributed by atoms with van der Waals surface area (Å²) in [6.07, 6.45) is 0.541. The zero-order valence-electron chi connectivity index (χ0n) is 7.54. The number of carbonyl (C=O) groups excluding carboxylic acids is 1. The Bertz CT molecular complexity index is 212. The van der Waals surface area contributed by atoms with Crippen molar-refractivity contribution in [2.75, 3.05) is 26.9 Å². The lowest BCUT2D eigenvalue weighted by atomic mass is 10.1. The summed E-state index contributed by atoms with van der Waals surface area (Å²) in [6, 6.07) is -0.289. The van der Waals surface area contributed by atoms with Crippen molar-refractivity contribution in [1.29, 1.82) is 0 Å². The monoisotopic (exact) mass is 187 g/mol. The molecule has 2 fully saturated rings. The molecule has 0 bridgehead atoms. The van der Waals surface area contributed by atoms with Gasteiger partial charge in [-0.25, -0.2) is 0 Å². The molecule has 2 aliphatic heterocycles. The van der Waals surface area contributed by atoms with Gasteiger partial charge in [-0.2, -0.15) is 0 Å². The summed E-state index contributed by atoms with van der Waals surface area (Å²) in [4.78, 5) is 11.2. The van der Waals surface area contributed by atoms with Crippen LogP contribution >= 0.6 is 0 Å². The Hall–Kier alpha value is -0.650. The second kappa shape index (κ2) is 3.25. The van der Waals surface area contributed by atoms with Gasteiger partial charge in [-0.3, -0.25) is 10.1 Å². The number of ether oxygens (including phenoxy) is 3. The van der Waals surface area contributed by atoms with Gasteiger partial charge in [-0.15, -0.1) is 0 Å². The van der Waals surface area contributed by atoms with Crippen LogP contribution in [-0.2, 0) is 19.0 Å². The normalized spacial score (nSPS) is 31.0. The molecule has 0 radical (unpaired) electrons. The van der Waals surface area contributed by atoms with E-state index in [9.17, 15) is 4.79 Å². The molecule has 0 aromatic rings. The molecule has 0 aromatic carbocycles. The molecule has 0 saturated carbocycles. The quantitative estimate of drug-likeness (QED) is 0.548. The van der Waals surface area contributed by atoms with E-state index in [1.165, 1.54) is 7.11 Å². The molecule has 0 aliphatic carbocycles. The van der Waals surface area contributed by atoms with Gasteiger partial charge in [-0.1, -0.05) is 0 Å². The highest BCUT2D eigenvalue weighted by Crippen LogP contribution is 2.29. The van der Waals surface area contributed by atoms with Gasteiger partial charge >= 0.3 is 5.97 Å². The van der Waals surface area contributed by atoms with Crippen molar-refractivity contribution in [1.82, 2.24) is 5.32 Å². The van der Waals surface area contributed by atoms with Gasteiger partial charge in [0.25, 0.3) is 0 Å². The van der Waals surface area contributed by atoms with Gasteiger partial charge in [0.05, 0.1) is 26.9 Å². The minimum atomic E-state index is -0.571. The maximum Gasteiger partial charge on any atom is 0.323 e. The molecule has 13 heavy (non-hydrogen) atoms. The van der Waals surface area contributed by atoms with E-state index in [4.69, 9.17) is 9.47 Å². The van der Waals surface area contributed by atoms with Crippen LogP contribution in [0.15, 0.2) is 0 Å². The molecule has 74 valence electrons. The SMILES string of the molecule is COC(=O)[C@@H]1CC2(CN1)OCCO2. The number of carbonyl (C=O) groups is 1. The van der Waals surface area contributed by atoms with Crippen molar-refractivity contribution in [3.8, 4) is 0 Å². The first-order valence-corrected chi connectivity index (χ1v) is 4.35. The smallest absolute Gasteiger partial charge is 0.323 e. The molecule has 0 aromatic heterocycles. The number of esters is 1. The van der Waals surface area contributed by atoms with E-state index in [1.54, 1.807) is 0 Å². The molecule has 2 heterocycles. The summed E-state index contributed by atoms with van der Waals surface area (Å²) in [7, 11) is 1.38. The summed E-state index contributed by atoms with van der Waals surface area (Å²) in [5.41, 5.74) is 0. The van der Waals surface area contributed by atoms with Crippen molar-refractivity contribution < 1.29 is 19.0 Å². The van der Waals surface area contributed by atoms with E-state index in [0.717, 1.165) is 0 Å². The summed E-state index contributed by atoms with van der Waals surface area (Å²) < 4.78 is 15.5. The zero-order chi connectivity index (χ0) is 9.31. The van der Waals surface area contributed by atoms with Crippen molar-refractivity contribution in [3.63, 3.8) is 0 Å². The summed E-state index contributed by atoms with van der Waals surface area (Å²) >= 11 is 0. The molecule has 2 aliphatic rings. The van der Waals surface area contributed by atoms with Crippen molar-refractivity contribution in [2.24, 2.45) is 0 Å². The number of hydrogen-bond acceptors (Lipinski definition) is 5. The Labute approximate surface area is 76.3 Å². The lowest BCUT2D eigenvalue weighted by molar-refractivity contribution is -0.152. The Morgan fingerprint density at radius 2 is 2.23 bits per heavy atom. The van der Waals surface area contributed by atoms with Crippen molar-refractivity contribution >= 4 is 5.97 Å². The minimum Gasteiger partial charge on any atom is -0.468 e. The van der Waals surface area contributed by atoms with Crippen LogP contribution in [0.5, 0.6) is 0 Å². The average molecular weight is 187 g/mol. The molecule has 2 rings (SSSR count). The first-order valence-electron chi connectivity index (χ1n) is 4.35. The van der Waals surface area contributed by atoms with Crippen LogP contribution < -0.4 is 5.32 Å². The highest BCUT2D eigenvalue weighted by Gasteiger charge is 2.46. The van der Waals surface area contributed by atoms with Crippen LogP contribution in [0.4, 0.5) is 0 Å². The van der Waals surface area contributed by atoms with Crippen molar-refractivity contribution in [2.45, 2.75) is 18.2 Å². The number of hydrogen-bond donors (Lipinski definition) is 1. The van der Waals surface area contributed by atoms with Gasteiger partial charge in [-0.05, 0) is 0 Å². The standard InChI is InChI=1S/C8H13NO4/c1-11-7(10)6-4-8(5-9-6)12-2-3-13-8/h6,9H,2-5H2,1H3/t6-/m0/s1. The lowest BCUT2D eigenvalue weighted by Crippen LogP contribution is -2.32. The Balaban J connectivity index is 1.96. The maximum atomic E-state index is 11.2. The van der Waals surface area contributed by atoms with E-state index < -0.39 is 5.79 Å². The van der Waals surface area contributed by atoms with Gasteiger partial charge in [0, 0.05) is 6.42 Å².